The minimum absolute atomic E-state index is 0.389. The molecule has 0 aromatic heterocycles. The highest BCUT2D eigenvalue weighted by molar-refractivity contribution is 6.20. The third-order valence-electron chi connectivity index (χ3n) is 3.01. The predicted molar refractivity (Wildman–Crippen MR) is 95.2 cm³/mol. The lowest BCUT2D eigenvalue weighted by molar-refractivity contribution is 0.559. The molecule has 0 aromatic rings. The van der Waals surface area contributed by atoms with Gasteiger partial charge in [0, 0.05) is 5.38 Å². The molecule has 20 heavy (non-hydrogen) atoms. The topological polar surface area (TPSA) is 0 Å². The Labute approximate surface area is 132 Å². The van der Waals surface area contributed by atoms with Crippen molar-refractivity contribution in [2.75, 3.05) is 0 Å². The van der Waals surface area contributed by atoms with Gasteiger partial charge in [-0.3, -0.25) is 0 Å². The predicted octanol–water partition coefficient (Wildman–Crippen LogP) is 6.61. The van der Waals surface area contributed by atoms with E-state index in [0.717, 1.165) is 12.3 Å². The minimum atomic E-state index is 0.389. The summed E-state index contributed by atoms with van der Waals surface area (Å²) >= 11 is 5.92. The molecule has 2 atom stereocenters. The Bertz CT molecular complexity index is 295. The molecule has 0 heterocycles. The first-order valence-electron chi connectivity index (χ1n) is 7.80. The molecular formula is C19H33Cl. The number of hydrogen-bond donors (Lipinski definition) is 0. The van der Waals surface area contributed by atoms with E-state index in [1.807, 2.05) is 13.8 Å². The van der Waals surface area contributed by atoms with Gasteiger partial charge in [0.25, 0.3) is 0 Å². The van der Waals surface area contributed by atoms with Crippen molar-refractivity contribution in [3.63, 3.8) is 0 Å². The molecule has 0 aliphatic heterocycles. The molecule has 0 aromatic carbocycles. The zero-order valence-corrected chi connectivity index (χ0v) is 15.0. The fourth-order valence-corrected chi connectivity index (χ4v) is 1.71. The summed E-state index contributed by atoms with van der Waals surface area (Å²) in [4.78, 5) is 0. The summed E-state index contributed by atoms with van der Waals surface area (Å²) in [6, 6.07) is 0. The highest BCUT2D eigenvalue weighted by Crippen LogP contribution is 2.14. The van der Waals surface area contributed by atoms with Crippen LogP contribution in [0.2, 0.25) is 0 Å². The van der Waals surface area contributed by atoms with E-state index < -0.39 is 0 Å². The second-order valence-electron chi connectivity index (χ2n) is 5.42. The van der Waals surface area contributed by atoms with Crippen molar-refractivity contribution < 1.29 is 0 Å². The van der Waals surface area contributed by atoms with Crippen LogP contribution in [0.15, 0.2) is 24.3 Å². The van der Waals surface area contributed by atoms with Gasteiger partial charge in [-0.2, -0.15) is 0 Å². The Morgan fingerprint density at radius 1 is 1.20 bits per heavy atom. The molecule has 1 rings (SSSR count). The second-order valence-corrected chi connectivity index (χ2v) is 5.98. The normalized spacial score (nSPS) is 17.7. The molecular weight excluding hydrogens is 264 g/mol. The summed E-state index contributed by atoms with van der Waals surface area (Å²) in [5, 5.41) is 0.389. The van der Waals surface area contributed by atoms with Crippen molar-refractivity contribution >= 4 is 11.6 Å². The number of halogens is 1. The minimum Gasteiger partial charge on any atom is -0.123 e. The van der Waals surface area contributed by atoms with Crippen LogP contribution < -0.4 is 0 Å². The molecule has 1 aliphatic rings. The van der Waals surface area contributed by atoms with Crippen LogP contribution in [0.4, 0.5) is 0 Å². The lowest BCUT2D eigenvalue weighted by atomic mass is 10.1. The fourth-order valence-electron chi connectivity index (χ4n) is 1.49. The quantitative estimate of drug-likeness (QED) is 0.406. The number of rotatable bonds is 3. The van der Waals surface area contributed by atoms with E-state index >= 15 is 0 Å². The summed E-state index contributed by atoms with van der Waals surface area (Å²) in [7, 11) is 0. The first kappa shape index (κ1) is 21.6. The van der Waals surface area contributed by atoms with Crippen LogP contribution in [-0.2, 0) is 0 Å². The Balaban J connectivity index is 0. The lowest BCUT2D eigenvalue weighted by Crippen LogP contribution is -2.05. The van der Waals surface area contributed by atoms with Crippen molar-refractivity contribution in [3.05, 3.63) is 24.3 Å². The van der Waals surface area contributed by atoms with Crippen LogP contribution >= 0.6 is 11.6 Å². The van der Waals surface area contributed by atoms with Crippen molar-refractivity contribution in [1.29, 1.82) is 0 Å². The highest BCUT2D eigenvalue weighted by Gasteiger charge is 2.06. The lowest BCUT2D eigenvalue weighted by Gasteiger charge is -2.10. The summed E-state index contributed by atoms with van der Waals surface area (Å²) in [6.07, 6.45) is 13.7. The molecule has 0 bridgehead atoms. The summed E-state index contributed by atoms with van der Waals surface area (Å²) in [5.41, 5.74) is 0. The Hall–Kier alpha value is -0.670. The van der Waals surface area contributed by atoms with E-state index in [1.165, 1.54) is 19.3 Å². The van der Waals surface area contributed by atoms with Gasteiger partial charge in [0.1, 0.15) is 0 Å². The highest BCUT2D eigenvalue weighted by atomic mass is 35.5. The van der Waals surface area contributed by atoms with E-state index in [9.17, 15) is 0 Å². The maximum Gasteiger partial charge on any atom is 0.0358 e. The van der Waals surface area contributed by atoms with Crippen molar-refractivity contribution in [2.45, 2.75) is 72.6 Å². The van der Waals surface area contributed by atoms with Gasteiger partial charge in [0.15, 0.2) is 0 Å². The molecule has 2 unspecified atom stereocenters. The molecule has 1 heteroatoms. The Morgan fingerprint density at radius 2 is 1.80 bits per heavy atom. The van der Waals surface area contributed by atoms with E-state index in [0.29, 0.717) is 11.3 Å². The molecule has 0 saturated carbocycles. The number of allylic oxidation sites excluding steroid dienone is 4. The van der Waals surface area contributed by atoms with Crippen molar-refractivity contribution in [2.24, 2.45) is 11.8 Å². The van der Waals surface area contributed by atoms with Crippen LogP contribution in [0, 0.1) is 23.7 Å². The van der Waals surface area contributed by atoms with E-state index in [4.69, 9.17) is 11.6 Å². The summed E-state index contributed by atoms with van der Waals surface area (Å²) in [5.74, 6) is 6.78. The Morgan fingerprint density at radius 3 is 2.20 bits per heavy atom. The van der Waals surface area contributed by atoms with Crippen LogP contribution in [0.5, 0.6) is 0 Å². The monoisotopic (exact) mass is 296 g/mol. The smallest absolute Gasteiger partial charge is 0.0358 e. The molecule has 0 saturated heterocycles. The molecule has 1 aliphatic carbocycles. The molecule has 0 fully saturated rings. The van der Waals surface area contributed by atoms with Gasteiger partial charge in [-0.15, -0.1) is 23.4 Å². The van der Waals surface area contributed by atoms with Crippen molar-refractivity contribution in [3.8, 4) is 11.8 Å². The SMILES string of the molecule is CC#CC.CC1C=CC=CCC1.CCCC(Cl)C(C)C. The summed E-state index contributed by atoms with van der Waals surface area (Å²) < 4.78 is 0. The van der Waals surface area contributed by atoms with Gasteiger partial charge < -0.3 is 0 Å². The van der Waals surface area contributed by atoms with Gasteiger partial charge >= 0.3 is 0 Å². The van der Waals surface area contributed by atoms with Gasteiger partial charge in [-0.1, -0.05) is 58.4 Å². The third-order valence-corrected chi connectivity index (χ3v) is 3.74. The van der Waals surface area contributed by atoms with E-state index in [-0.39, 0.29) is 0 Å². The average Bonchev–Trinajstić information content (AvgIpc) is 2.67. The first-order valence-corrected chi connectivity index (χ1v) is 8.24. The molecule has 0 N–H and O–H groups in total. The maximum atomic E-state index is 5.92. The summed E-state index contributed by atoms with van der Waals surface area (Å²) in [6.45, 7) is 12.4. The second kappa shape index (κ2) is 16.4. The molecule has 0 nitrogen and oxygen atoms in total. The zero-order valence-electron chi connectivity index (χ0n) is 14.2. The largest absolute Gasteiger partial charge is 0.123 e. The van der Waals surface area contributed by atoms with Crippen LogP contribution in [0.3, 0.4) is 0 Å². The standard InChI is InChI=1S/C8H12.C7H15Cl.C4H6/c1-8-6-4-2-3-5-7-8;1-4-5-7(8)6(2)3;1-3-4-2/h2-4,6,8H,5,7H2,1H3;6-7H,4-5H2,1-3H3;1-2H3. The fraction of sp³-hybridized carbons (Fsp3) is 0.684. The van der Waals surface area contributed by atoms with Crippen molar-refractivity contribution in [1.82, 2.24) is 0 Å². The number of hydrogen-bond acceptors (Lipinski definition) is 0. The van der Waals surface area contributed by atoms with Gasteiger partial charge in [0.2, 0.25) is 0 Å². The molecule has 116 valence electrons. The van der Waals surface area contributed by atoms with Crippen LogP contribution in [0.1, 0.15) is 67.2 Å². The van der Waals surface area contributed by atoms with Gasteiger partial charge in [0.05, 0.1) is 0 Å². The maximum absolute atomic E-state index is 5.92. The van der Waals surface area contributed by atoms with Crippen LogP contribution in [0.25, 0.3) is 0 Å². The zero-order chi connectivity index (χ0) is 15.8. The van der Waals surface area contributed by atoms with Gasteiger partial charge in [-0.25, -0.2) is 0 Å². The van der Waals surface area contributed by atoms with E-state index in [1.54, 1.807) is 0 Å². The van der Waals surface area contributed by atoms with E-state index in [2.05, 4.69) is 63.8 Å². The molecule has 0 amide bonds. The van der Waals surface area contributed by atoms with Gasteiger partial charge in [-0.05, 0) is 44.9 Å². The molecule has 0 spiro atoms. The molecule has 0 radical (unpaired) electrons. The Kier molecular flexibility index (Phi) is 17.7. The number of alkyl halides is 1. The third kappa shape index (κ3) is 17.3. The van der Waals surface area contributed by atoms with Crippen LogP contribution in [-0.4, -0.2) is 5.38 Å². The average molecular weight is 297 g/mol. The first-order chi connectivity index (χ1) is 9.49.